The molecule has 0 radical (unpaired) electrons. The lowest BCUT2D eigenvalue weighted by atomic mass is 10.3. The third kappa shape index (κ3) is 2.10. The maximum atomic E-state index is 10.9. The fraction of sp³-hybridized carbons (Fsp3) is 0.333. The van der Waals surface area contributed by atoms with Crippen molar-refractivity contribution >= 4 is 12.2 Å². The van der Waals surface area contributed by atoms with E-state index in [0.29, 0.717) is 5.57 Å². The highest BCUT2D eigenvalue weighted by molar-refractivity contribution is 6.12. The molecule has 0 aliphatic carbocycles. The fourth-order valence-corrected chi connectivity index (χ4v) is 0.562. The van der Waals surface area contributed by atoms with Crippen LogP contribution in [0.5, 0.6) is 0 Å². The molecule has 0 unspecified atom stereocenters. The van der Waals surface area contributed by atoms with Crippen LogP contribution >= 0.6 is 0 Å². The van der Waals surface area contributed by atoms with Crippen LogP contribution in [-0.2, 0) is 9.53 Å². The molecule has 6 nitrogen and oxygen atoms in total. The normalized spacial score (nSPS) is 12.5. The van der Waals surface area contributed by atoms with Crippen molar-refractivity contribution in [3.63, 3.8) is 0 Å². The second-order valence-electron chi connectivity index (χ2n) is 1.95. The number of ether oxygens (including phenoxy) is 1. The molecule has 0 spiro atoms. The van der Waals surface area contributed by atoms with Crippen LogP contribution in [0.4, 0.5) is 0 Å². The van der Waals surface area contributed by atoms with Gasteiger partial charge in [0.05, 0.1) is 18.7 Å². The molecule has 0 aromatic carbocycles. The van der Waals surface area contributed by atoms with Crippen LogP contribution in [0.2, 0.25) is 0 Å². The van der Waals surface area contributed by atoms with E-state index in [0.717, 1.165) is 0 Å². The maximum Gasteiger partial charge on any atom is 0.341 e. The van der Waals surface area contributed by atoms with Crippen molar-refractivity contribution in [1.29, 1.82) is 0 Å². The van der Waals surface area contributed by atoms with Crippen molar-refractivity contribution in [2.75, 3.05) is 13.2 Å². The van der Waals surface area contributed by atoms with E-state index in [-0.39, 0.29) is 13.2 Å². The van der Waals surface area contributed by atoms with Gasteiger partial charge in [-0.15, -0.1) is 0 Å². The monoisotopic (exact) mass is 166 g/mol. The molecule has 6 heteroatoms. The summed E-state index contributed by atoms with van der Waals surface area (Å²) in [5, 5.41) is 3.20. The SMILES string of the molecule is [N-]=[N+]=NCCOC(=O)C1=CN=C1. The summed E-state index contributed by atoms with van der Waals surface area (Å²) in [7, 11) is 0. The molecule has 1 heterocycles. The summed E-state index contributed by atoms with van der Waals surface area (Å²) in [6.07, 6.45) is 2.83. The van der Waals surface area contributed by atoms with Gasteiger partial charge in [0.1, 0.15) is 0 Å². The molecule has 1 rings (SSSR count). The van der Waals surface area contributed by atoms with Crippen LogP contribution in [0, 0.1) is 0 Å². The zero-order valence-corrected chi connectivity index (χ0v) is 6.17. The zero-order chi connectivity index (χ0) is 8.81. The van der Waals surface area contributed by atoms with Gasteiger partial charge < -0.3 is 4.74 Å². The summed E-state index contributed by atoms with van der Waals surface area (Å²) in [6.45, 7) is 0.265. The van der Waals surface area contributed by atoms with Gasteiger partial charge in [0.15, 0.2) is 0 Å². The van der Waals surface area contributed by atoms with E-state index in [9.17, 15) is 4.79 Å². The number of carbonyl (C=O) groups is 1. The molecule has 12 heavy (non-hydrogen) atoms. The van der Waals surface area contributed by atoms with Crippen LogP contribution in [-0.4, -0.2) is 25.3 Å². The predicted octanol–water partition coefficient (Wildman–Crippen LogP) is 0.808. The van der Waals surface area contributed by atoms with Crippen LogP contribution in [0.15, 0.2) is 21.9 Å². The Bertz CT molecular complexity index is 288. The smallest absolute Gasteiger partial charge is 0.341 e. The van der Waals surface area contributed by atoms with Crippen LogP contribution in [0.25, 0.3) is 10.4 Å². The van der Waals surface area contributed by atoms with Gasteiger partial charge in [0.25, 0.3) is 0 Å². The summed E-state index contributed by atoms with van der Waals surface area (Å²) in [5.41, 5.74) is 8.32. The van der Waals surface area contributed by atoms with E-state index in [1.54, 1.807) is 0 Å². The molecule has 0 N–H and O–H groups in total. The first-order chi connectivity index (χ1) is 5.84. The Balaban J connectivity index is 2.14. The van der Waals surface area contributed by atoms with E-state index in [2.05, 4.69) is 19.8 Å². The number of nitrogens with zero attached hydrogens (tertiary/aromatic N) is 4. The van der Waals surface area contributed by atoms with Crippen LogP contribution < -0.4 is 0 Å². The second kappa shape index (κ2) is 4.15. The average Bonchev–Trinajstić information content (AvgIpc) is 1.95. The Kier molecular flexibility index (Phi) is 2.87. The summed E-state index contributed by atoms with van der Waals surface area (Å²) in [4.78, 5) is 17.0. The molecule has 62 valence electrons. The highest BCUT2D eigenvalue weighted by Crippen LogP contribution is 2.02. The number of carbonyl (C=O) groups excluding carboxylic acids is 1. The van der Waals surface area contributed by atoms with Crippen molar-refractivity contribution in [3.05, 3.63) is 22.2 Å². The van der Waals surface area contributed by atoms with Gasteiger partial charge in [0, 0.05) is 17.3 Å². The van der Waals surface area contributed by atoms with E-state index in [1.165, 1.54) is 12.4 Å². The third-order valence-corrected chi connectivity index (χ3v) is 1.15. The summed E-state index contributed by atoms with van der Waals surface area (Å²) in [6, 6.07) is 0. The van der Waals surface area contributed by atoms with E-state index < -0.39 is 5.97 Å². The average molecular weight is 166 g/mol. The predicted molar refractivity (Wildman–Crippen MR) is 41.5 cm³/mol. The minimum absolute atomic E-state index is 0.105. The number of azide groups is 1. The van der Waals surface area contributed by atoms with Gasteiger partial charge in [-0.1, -0.05) is 5.11 Å². The molecule has 1 aliphatic rings. The Morgan fingerprint density at radius 2 is 2.58 bits per heavy atom. The molecule has 0 fully saturated rings. The van der Waals surface area contributed by atoms with Crippen molar-refractivity contribution in [2.24, 2.45) is 10.1 Å². The lowest BCUT2D eigenvalue weighted by Gasteiger charge is -2.04. The Labute approximate surface area is 68.2 Å². The van der Waals surface area contributed by atoms with Gasteiger partial charge in [-0.2, -0.15) is 0 Å². The highest BCUT2D eigenvalue weighted by atomic mass is 16.5. The molecule has 0 bridgehead atoms. The molecule has 1 aliphatic heterocycles. The minimum atomic E-state index is -0.432. The zero-order valence-electron chi connectivity index (χ0n) is 6.17. The number of hydrogen-bond acceptors (Lipinski definition) is 4. The van der Waals surface area contributed by atoms with Crippen molar-refractivity contribution < 1.29 is 9.53 Å². The van der Waals surface area contributed by atoms with Crippen molar-refractivity contribution in [3.8, 4) is 0 Å². The van der Waals surface area contributed by atoms with Gasteiger partial charge in [0.2, 0.25) is 0 Å². The van der Waals surface area contributed by atoms with Crippen LogP contribution in [0.1, 0.15) is 0 Å². The Morgan fingerprint density at radius 3 is 3.08 bits per heavy atom. The third-order valence-electron chi connectivity index (χ3n) is 1.15. The topological polar surface area (TPSA) is 87.4 Å². The molecule has 0 aromatic rings. The molecular weight excluding hydrogens is 160 g/mol. The van der Waals surface area contributed by atoms with Crippen LogP contribution in [0.3, 0.4) is 0 Å². The maximum absolute atomic E-state index is 10.9. The largest absolute Gasteiger partial charge is 0.462 e. The molecule has 0 saturated carbocycles. The molecule has 0 saturated heterocycles. The van der Waals surface area contributed by atoms with Gasteiger partial charge in [-0.05, 0) is 5.53 Å². The number of hydrogen-bond donors (Lipinski definition) is 0. The Hall–Kier alpha value is -1.81. The summed E-state index contributed by atoms with van der Waals surface area (Å²) >= 11 is 0. The molecular formula is C6H6N4O2. The standard InChI is InChI=1S/C6H6N4O2/c7-10-9-1-2-12-6(11)5-3-8-4-5/h3-4H,1-2H2. The molecule has 0 amide bonds. The van der Waals surface area contributed by atoms with Gasteiger partial charge >= 0.3 is 5.97 Å². The minimum Gasteiger partial charge on any atom is -0.462 e. The molecule has 0 aromatic heterocycles. The van der Waals surface area contributed by atoms with E-state index in [1.807, 2.05) is 0 Å². The highest BCUT2D eigenvalue weighted by Gasteiger charge is 2.11. The number of esters is 1. The number of aliphatic imine (C=N–C) groups is 1. The second-order valence-corrected chi connectivity index (χ2v) is 1.95. The van der Waals surface area contributed by atoms with Crippen molar-refractivity contribution in [1.82, 2.24) is 0 Å². The lowest BCUT2D eigenvalue weighted by Crippen LogP contribution is -2.13. The molecule has 0 atom stereocenters. The van der Waals surface area contributed by atoms with Gasteiger partial charge in [-0.3, -0.25) is 4.99 Å². The quantitative estimate of drug-likeness (QED) is 0.203. The first-order valence-electron chi connectivity index (χ1n) is 3.26. The van der Waals surface area contributed by atoms with E-state index >= 15 is 0 Å². The first-order valence-corrected chi connectivity index (χ1v) is 3.26. The van der Waals surface area contributed by atoms with E-state index in [4.69, 9.17) is 5.53 Å². The summed E-state index contributed by atoms with van der Waals surface area (Å²) in [5.74, 6) is -0.432. The van der Waals surface area contributed by atoms with Crippen molar-refractivity contribution in [2.45, 2.75) is 0 Å². The Morgan fingerprint density at radius 1 is 1.83 bits per heavy atom. The summed E-state index contributed by atoms with van der Waals surface area (Å²) < 4.78 is 4.68. The first kappa shape index (κ1) is 8.29. The van der Waals surface area contributed by atoms with Gasteiger partial charge in [-0.25, -0.2) is 4.79 Å². The lowest BCUT2D eigenvalue weighted by molar-refractivity contribution is -0.138. The fourth-order valence-electron chi connectivity index (χ4n) is 0.562. The number of rotatable bonds is 4.